The van der Waals surface area contributed by atoms with Gasteiger partial charge in [-0.1, -0.05) is 6.92 Å². The van der Waals surface area contributed by atoms with Crippen LogP contribution in [0.15, 0.2) is 0 Å². The quantitative estimate of drug-likeness (QED) is 0.559. The molecule has 6 heteroatoms. The first-order valence-corrected chi connectivity index (χ1v) is 8.02. The van der Waals surface area contributed by atoms with Gasteiger partial charge in [-0.3, -0.25) is 0 Å². The maximum atomic E-state index is 11.3. The van der Waals surface area contributed by atoms with E-state index in [0.29, 0.717) is 13.1 Å². The number of hydrogen-bond donors (Lipinski definition) is 1. The van der Waals surface area contributed by atoms with Crippen LogP contribution in [0, 0.1) is 0 Å². The highest BCUT2D eigenvalue weighted by atomic mass is 32.2. The Morgan fingerprint density at radius 1 is 1.18 bits per heavy atom. The average Bonchev–Trinajstić information content (AvgIpc) is 2.25. The molecule has 0 bridgehead atoms. The molecule has 0 aromatic rings. The molecule has 0 saturated heterocycles. The Labute approximate surface area is 106 Å². The van der Waals surface area contributed by atoms with E-state index >= 15 is 0 Å². The molecule has 5 nitrogen and oxygen atoms in total. The molecule has 0 aliphatic carbocycles. The highest BCUT2D eigenvalue weighted by Gasteiger charge is 2.12. The minimum atomic E-state index is -3.03. The fourth-order valence-corrected chi connectivity index (χ4v) is 2.49. The van der Waals surface area contributed by atoms with Crippen LogP contribution in [0.25, 0.3) is 0 Å². The van der Waals surface area contributed by atoms with Crippen molar-refractivity contribution in [2.75, 3.05) is 46.2 Å². The average molecular weight is 266 g/mol. The van der Waals surface area contributed by atoms with Crippen molar-refractivity contribution >= 4 is 10.0 Å². The Balaban J connectivity index is 3.44. The maximum absolute atomic E-state index is 11.3. The second kappa shape index (κ2) is 9.82. The third kappa shape index (κ3) is 9.52. The number of unbranched alkanes of at least 4 members (excludes halogenated alkanes) is 1. The lowest BCUT2D eigenvalue weighted by Gasteiger charge is -2.17. The molecular formula is C11H26N2O3S. The molecule has 0 radical (unpaired) electrons. The summed E-state index contributed by atoms with van der Waals surface area (Å²) in [6.45, 7) is 5.64. The van der Waals surface area contributed by atoms with Crippen LogP contribution in [-0.2, 0) is 14.8 Å². The van der Waals surface area contributed by atoms with Gasteiger partial charge in [-0.05, 0) is 32.4 Å². The molecule has 0 amide bonds. The van der Waals surface area contributed by atoms with Gasteiger partial charge in [0.2, 0.25) is 10.0 Å². The zero-order valence-corrected chi connectivity index (χ0v) is 12.1. The fraction of sp³-hybridized carbons (Fsp3) is 1.00. The van der Waals surface area contributed by atoms with Crippen LogP contribution in [-0.4, -0.2) is 58.9 Å². The lowest BCUT2D eigenvalue weighted by molar-refractivity contribution is 0.192. The van der Waals surface area contributed by atoms with Gasteiger partial charge in [0.05, 0.1) is 6.26 Å². The zero-order chi connectivity index (χ0) is 13.1. The highest BCUT2D eigenvalue weighted by Crippen LogP contribution is 1.98. The van der Waals surface area contributed by atoms with Gasteiger partial charge >= 0.3 is 0 Å². The maximum Gasteiger partial charge on any atom is 0.211 e. The van der Waals surface area contributed by atoms with Gasteiger partial charge in [0.25, 0.3) is 0 Å². The van der Waals surface area contributed by atoms with Crippen molar-refractivity contribution in [2.24, 2.45) is 0 Å². The molecule has 0 heterocycles. The Bertz CT molecular complexity index is 268. The predicted octanol–water partition coefficient (Wildman–Crippen LogP) is 0.674. The summed E-state index contributed by atoms with van der Waals surface area (Å²) >= 11 is 0. The van der Waals surface area contributed by atoms with Gasteiger partial charge in [-0.2, -0.15) is 0 Å². The van der Waals surface area contributed by atoms with E-state index in [1.165, 1.54) is 10.6 Å². The van der Waals surface area contributed by atoms with Crippen molar-refractivity contribution in [3.05, 3.63) is 0 Å². The van der Waals surface area contributed by atoms with E-state index in [0.717, 1.165) is 39.0 Å². The normalized spacial score (nSPS) is 12.2. The van der Waals surface area contributed by atoms with E-state index < -0.39 is 10.0 Å². The molecule has 0 spiro atoms. The van der Waals surface area contributed by atoms with Crippen LogP contribution in [0.4, 0.5) is 0 Å². The molecule has 0 aromatic carbocycles. The second-order valence-corrected chi connectivity index (χ2v) is 6.04. The van der Waals surface area contributed by atoms with Crippen LogP contribution in [0.3, 0.4) is 0 Å². The monoisotopic (exact) mass is 266 g/mol. The summed E-state index contributed by atoms with van der Waals surface area (Å²) in [6, 6.07) is 0. The largest absolute Gasteiger partial charge is 0.385 e. The first-order valence-electron chi connectivity index (χ1n) is 6.17. The van der Waals surface area contributed by atoms with Crippen LogP contribution >= 0.6 is 0 Å². The molecule has 1 N–H and O–H groups in total. The van der Waals surface area contributed by atoms with Crippen LogP contribution < -0.4 is 5.32 Å². The molecule has 0 saturated carbocycles. The lowest BCUT2D eigenvalue weighted by atomic mass is 10.3. The highest BCUT2D eigenvalue weighted by molar-refractivity contribution is 7.88. The van der Waals surface area contributed by atoms with E-state index in [1.54, 1.807) is 7.11 Å². The van der Waals surface area contributed by atoms with Gasteiger partial charge in [-0.25, -0.2) is 12.7 Å². The third-order valence-electron chi connectivity index (χ3n) is 2.53. The van der Waals surface area contributed by atoms with Crippen LogP contribution in [0.1, 0.15) is 26.2 Å². The topological polar surface area (TPSA) is 58.6 Å². The van der Waals surface area contributed by atoms with E-state index in [9.17, 15) is 8.42 Å². The van der Waals surface area contributed by atoms with E-state index in [2.05, 4.69) is 5.32 Å². The third-order valence-corrected chi connectivity index (χ3v) is 3.91. The number of ether oxygens (including phenoxy) is 1. The van der Waals surface area contributed by atoms with Crippen molar-refractivity contribution in [3.8, 4) is 0 Å². The van der Waals surface area contributed by atoms with Crippen LogP contribution in [0.5, 0.6) is 0 Å². The van der Waals surface area contributed by atoms with Crippen molar-refractivity contribution in [2.45, 2.75) is 26.2 Å². The Morgan fingerprint density at radius 3 is 2.35 bits per heavy atom. The summed E-state index contributed by atoms with van der Waals surface area (Å²) < 4.78 is 29.0. The van der Waals surface area contributed by atoms with Crippen molar-refractivity contribution in [3.63, 3.8) is 0 Å². The van der Waals surface area contributed by atoms with E-state index in [-0.39, 0.29) is 0 Å². The summed E-state index contributed by atoms with van der Waals surface area (Å²) in [4.78, 5) is 0. The number of hydrogen-bond acceptors (Lipinski definition) is 4. The van der Waals surface area contributed by atoms with Gasteiger partial charge < -0.3 is 10.1 Å². The molecule has 0 aliphatic heterocycles. The lowest BCUT2D eigenvalue weighted by Crippen LogP contribution is -2.32. The SMILES string of the molecule is CCN(CCCNCCCCOC)S(C)(=O)=O. The minimum absolute atomic E-state index is 0.548. The first kappa shape index (κ1) is 16.8. The number of nitrogens with one attached hydrogen (secondary N) is 1. The summed E-state index contributed by atoms with van der Waals surface area (Å²) in [5, 5.41) is 3.30. The van der Waals surface area contributed by atoms with Crippen molar-refractivity contribution in [1.82, 2.24) is 9.62 Å². The Morgan fingerprint density at radius 2 is 1.82 bits per heavy atom. The molecular weight excluding hydrogens is 240 g/mol. The molecule has 0 fully saturated rings. The number of nitrogens with zero attached hydrogens (tertiary/aromatic N) is 1. The van der Waals surface area contributed by atoms with Gasteiger partial charge in [0, 0.05) is 26.8 Å². The van der Waals surface area contributed by atoms with E-state index in [1.807, 2.05) is 6.92 Å². The van der Waals surface area contributed by atoms with Gasteiger partial charge in [0.1, 0.15) is 0 Å². The fourth-order valence-electron chi connectivity index (χ4n) is 1.56. The minimum Gasteiger partial charge on any atom is -0.385 e. The molecule has 0 aromatic heterocycles. The summed E-state index contributed by atoms with van der Waals surface area (Å²) in [6.07, 6.45) is 4.27. The standard InChI is InChI=1S/C11H26N2O3S/c1-4-13(17(3,14)15)10-7-9-12-8-5-6-11-16-2/h12H,4-11H2,1-3H3. The van der Waals surface area contributed by atoms with Crippen LogP contribution in [0.2, 0.25) is 0 Å². The number of methoxy groups -OCH3 is 1. The molecule has 0 rings (SSSR count). The number of sulfonamides is 1. The molecule has 17 heavy (non-hydrogen) atoms. The molecule has 104 valence electrons. The zero-order valence-electron chi connectivity index (χ0n) is 11.2. The Hall–Kier alpha value is -0.170. The first-order chi connectivity index (χ1) is 8.02. The van der Waals surface area contributed by atoms with Gasteiger partial charge in [-0.15, -0.1) is 0 Å². The summed E-state index contributed by atoms with van der Waals surface area (Å²) in [5.41, 5.74) is 0. The Kier molecular flexibility index (Phi) is 9.72. The summed E-state index contributed by atoms with van der Waals surface area (Å²) in [7, 11) is -1.32. The van der Waals surface area contributed by atoms with Crippen molar-refractivity contribution < 1.29 is 13.2 Å². The predicted molar refractivity (Wildman–Crippen MR) is 70.7 cm³/mol. The van der Waals surface area contributed by atoms with Crippen molar-refractivity contribution in [1.29, 1.82) is 0 Å². The molecule has 0 atom stereocenters. The number of rotatable bonds is 11. The van der Waals surface area contributed by atoms with E-state index in [4.69, 9.17) is 4.74 Å². The molecule has 0 aliphatic rings. The second-order valence-electron chi connectivity index (χ2n) is 4.06. The van der Waals surface area contributed by atoms with Gasteiger partial charge in [0.15, 0.2) is 0 Å². The summed E-state index contributed by atoms with van der Waals surface area (Å²) in [5.74, 6) is 0. The molecule has 0 unspecified atom stereocenters. The smallest absolute Gasteiger partial charge is 0.211 e.